The minimum absolute atomic E-state index is 0. The molecule has 0 bridgehead atoms. The van der Waals surface area contributed by atoms with Gasteiger partial charge in [0.1, 0.15) is 0 Å². The van der Waals surface area contributed by atoms with Gasteiger partial charge in [-0.2, -0.15) is 5.10 Å². The molecule has 0 saturated heterocycles. The van der Waals surface area contributed by atoms with Gasteiger partial charge in [0.15, 0.2) is 0 Å². The topological polar surface area (TPSA) is 43.8 Å². The van der Waals surface area contributed by atoms with E-state index in [4.69, 9.17) is 5.73 Å². The van der Waals surface area contributed by atoms with E-state index in [1.807, 2.05) is 11.6 Å². The van der Waals surface area contributed by atoms with Crippen molar-refractivity contribution in [1.29, 1.82) is 0 Å². The third-order valence-electron chi connectivity index (χ3n) is 2.23. The van der Waals surface area contributed by atoms with Crippen molar-refractivity contribution in [2.45, 2.75) is 33.7 Å². The number of nitrogens with zero attached hydrogens (tertiary/aromatic N) is 2. The summed E-state index contributed by atoms with van der Waals surface area (Å²) >= 11 is 0. The van der Waals surface area contributed by atoms with E-state index in [1.165, 1.54) is 11.3 Å². The van der Waals surface area contributed by atoms with Gasteiger partial charge in [0.05, 0.1) is 5.69 Å². The first-order valence-corrected chi connectivity index (χ1v) is 4.43. The Morgan fingerprint density at radius 2 is 2.00 bits per heavy atom. The molecule has 0 aliphatic rings. The molecular formula is C9H18ClN3. The molecule has 0 fully saturated rings. The lowest BCUT2D eigenvalue weighted by molar-refractivity contribution is 0.633. The predicted molar refractivity (Wildman–Crippen MR) is 57.4 cm³/mol. The Balaban J connectivity index is 0.00000144. The first kappa shape index (κ1) is 12.5. The van der Waals surface area contributed by atoms with Crippen molar-refractivity contribution in [1.82, 2.24) is 9.78 Å². The standard InChI is InChI=1S/C9H17N3.ClH/c1-4-12-8(3)9(5-6-10)7(2)11-12;/h4-6,10H2,1-3H3;1H. The third kappa shape index (κ3) is 2.45. The lowest BCUT2D eigenvalue weighted by atomic mass is 10.1. The van der Waals surface area contributed by atoms with Crippen molar-refractivity contribution in [3.63, 3.8) is 0 Å². The van der Waals surface area contributed by atoms with Crippen LogP contribution in [0.4, 0.5) is 0 Å². The van der Waals surface area contributed by atoms with Gasteiger partial charge in [-0.05, 0) is 39.3 Å². The van der Waals surface area contributed by atoms with Crippen LogP contribution in [-0.4, -0.2) is 16.3 Å². The summed E-state index contributed by atoms with van der Waals surface area (Å²) < 4.78 is 2.03. The summed E-state index contributed by atoms with van der Waals surface area (Å²) in [5.74, 6) is 0. The van der Waals surface area contributed by atoms with E-state index >= 15 is 0 Å². The zero-order chi connectivity index (χ0) is 9.14. The Labute approximate surface area is 85.7 Å². The Morgan fingerprint density at radius 3 is 2.38 bits per heavy atom. The van der Waals surface area contributed by atoms with Crippen LogP contribution in [0, 0.1) is 13.8 Å². The normalized spacial score (nSPS) is 9.85. The van der Waals surface area contributed by atoms with Crippen LogP contribution in [-0.2, 0) is 13.0 Å². The summed E-state index contributed by atoms with van der Waals surface area (Å²) in [5, 5.41) is 4.41. The third-order valence-corrected chi connectivity index (χ3v) is 2.23. The zero-order valence-electron chi connectivity index (χ0n) is 8.50. The molecule has 1 aromatic rings. The largest absolute Gasteiger partial charge is 0.330 e. The van der Waals surface area contributed by atoms with Crippen LogP contribution < -0.4 is 5.73 Å². The number of hydrogen-bond acceptors (Lipinski definition) is 2. The first-order valence-electron chi connectivity index (χ1n) is 4.43. The smallest absolute Gasteiger partial charge is 0.0628 e. The second kappa shape index (κ2) is 5.25. The fourth-order valence-corrected chi connectivity index (χ4v) is 1.55. The lowest BCUT2D eigenvalue weighted by Crippen LogP contribution is -2.05. The van der Waals surface area contributed by atoms with Crippen molar-refractivity contribution in [3.05, 3.63) is 17.0 Å². The Morgan fingerprint density at radius 1 is 1.38 bits per heavy atom. The van der Waals surface area contributed by atoms with Gasteiger partial charge in [-0.3, -0.25) is 4.68 Å². The molecule has 0 saturated carbocycles. The molecule has 0 unspecified atom stereocenters. The van der Waals surface area contributed by atoms with E-state index in [9.17, 15) is 0 Å². The van der Waals surface area contributed by atoms with Crippen molar-refractivity contribution in [2.24, 2.45) is 5.73 Å². The molecule has 0 aliphatic heterocycles. The number of rotatable bonds is 3. The van der Waals surface area contributed by atoms with Gasteiger partial charge in [0, 0.05) is 12.2 Å². The van der Waals surface area contributed by atoms with E-state index in [0.29, 0.717) is 6.54 Å². The van der Waals surface area contributed by atoms with Crippen molar-refractivity contribution < 1.29 is 0 Å². The summed E-state index contributed by atoms with van der Waals surface area (Å²) in [6, 6.07) is 0. The maximum absolute atomic E-state index is 5.51. The minimum atomic E-state index is 0. The van der Waals surface area contributed by atoms with E-state index < -0.39 is 0 Å². The van der Waals surface area contributed by atoms with Crippen LogP contribution in [0.1, 0.15) is 23.9 Å². The average molecular weight is 204 g/mol. The quantitative estimate of drug-likeness (QED) is 0.808. The Bertz CT molecular complexity index is 268. The van der Waals surface area contributed by atoms with Crippen LogP contribution in [0.5, 0.6) is 0 Å². The molecule has 0 aliphatic carbocycles. The Hall–Kier alpha value is -0.540. The summed E-state index contributed by atoms with van der Waals surface area (Å²) in [5.41, 5.74) is 9.22. The van der Waals surface area contributed by atoms with Gasteiger partial charge in [-0.25, -0.2) is 0 Å². The van der Waals surface area contributed by atoms with E-state index in [1.54, 1.807) is 0 Å². The molecule has 76 valence electrons. The molecule has 2 N–H and O–H groups in total. The van der Waals surface area contributed by atoms with Gasteiger partial charge >= 0.3 is 0 Å². The van der Waals surface area contributed by atoms with Crippen LogP contribution in [0.15, 0.2) is 0 Å². The highest BCUT2D eigenvalue weighted by molar-refractivity contribution is 5.85. The Kier molecular flexibility index (Phi) is 5.03. The van der Waals surface area contributed by atoms with Gasteiger partial charge in [0.25, 0.3) is 0 Å². The average Bonchev–Trinajstić information content (AvgIpc) is 2.32. The fourth-order valence-electron chi connectivity index (χ4n) is 1.55. The molecule has 0 radical (unpaired) electrons. The van der Waals surface area contributed by atoms with Gasteiger partial charge in [0.2, 0.25) is 0 Å². The second-order valence-electron chi connectivity index (χ2n) is 3.00. The second-order valence-corrected chi connectivity index (χ2v) is 3.00. The molecule has 0 amide bonds. The molecule has 3 nitrogen and oxygen atoms in total. The predicted octanol–water partition coefficient (Wildman–Crippen LogP) is 1.44. The summed E-state index contributed by atoms with van der Waals surface area (Å²) in [6.45, 7) is 7.90. The number of halogens is 1. The van der Waals surface area contributed by atoms with E-state index in [0.717, 1.165) is 18.7 Å². The summed E-state index contributed by atoms with van der Waals surface area (Å²) in [7, 11) is 0. The maximum atomic E-state index is 5.51. The number of nitrogens with two attached hydrogens (primary N) is 1. The molecule has 1 heterocycles. The highest BCUT2D eigenvalue weighted by Gasteiger charge is 2.08. The molecule has 1 rings (SSSR count). The molecule has 0 atom stereocenters. The van der Waals surface area contributed by atoms with Crippen molar-refractivity contribution >= 4 is 12.4 Å². The van der Waals surface area contributed by atoms with Crippen molar-refractivity contribution in [2.75, 3.05) is 6.54 Å². The van der Waals surface area contributed by atoms with Gasteiger partial charge in [-0.1, -0.05) is 0 Å². The van der Waals surface area contributed by atoms with Crippen molar-refractivity contribution in [3.8, 4) is 0 Å². The first-order chi connectivity index (χ1) is 5.70. The van der Waals surface area contributed by atoms with E-state index in [2.05, 4.69) is 18.9 Å². The number of aryl methyl sites for hydroxylation is 2. The molecule has 4 heteroatoms. The zero-order valence-corrected chi connectivity index (χ0v) is 9.32. The van der Waals surface area contributed by atoms with E-state index in [-0.39, 0.29) is 12.4 Å². The number of aromatic nitrogens is 2. The fraction of sp³-hybridized carbons (Fsp3) is 0.667. The van der Waals surface area contributed by atoms with Crippen LogP contribution in [0.3, 0.4) is 0 Å². The molecule has 0 aromatic carbocycles. The maximum Gasteiger partial charge on any atom is 0.0628 e. The highest BCUT2D eigenvalue weighted by Crippen LogP contribution is 2.12. The SMILES string of the molecule is CCn1nc(C)c(CCN)c1C.Cl. The molecule has 13 heavy (non-hydrogen) atoms. The minimum Gasteiger partial charge on any atom is -0.330 e. The van der Waals surface area contributed by atoms with Crippen LogP contribution >= 0.6 is 12.4 Å². The molecule has 1 aromatic heterocycles. The van der Waals surface area contributed by atoms with Crippen LogP contribution in [0.2, 0.25) is 0 Å². The van der Waals surface area contributed by atoms with Crippen LogP contribution in [0.25, 0.3) is 0 Å². The van der Waals surface area contributed by atoms with Gasteiger partial charge in [-0.15, -0.1) is 12.4 Å². The lowest BCUT2D eigenvalue weighted by Gasteiger charge is -2.00. The van der Waals surface area contributed by atoms with Gasteiger partial charge < -0.3 is 5.73 Å². The number of hydrogen-bond donors (Lipinski definition) is 1. The highest BCUT2D eigenvalue weighted by atomic mass is 35.5. The monoisotopic (exact) mass is 203 g/mol. The summed E-state index contributed by atoms with van der Waals surface area (Å²) in [4.78, 5) is 0. The summed E-state index contributed by atoms with van der Waals surface area (Å²) in [6.07, 6.45) is 0.942. The molecule has 0 spiro atoms. The molecular weight excluding hydrogens is 186 g/mol.